The minimum absolute atomic E-state index is 0.0779. The third-order valence-corrected chi connectivity index (χ3v) is 5.59. The maximum absolute atomic E-state index is 13.5. The van der Waals surface area contributed by atoms with E-state index in [1.807, 2.05) is 0 Å². The summed E-state index contributed by atoms with van der Waals surface area (Å²) in [5.74, 6) is -1.96. The summed E-state index contributed by atoms with van der Waals surface area (Å²) in [5, 5.41) is 5.01. The number of benzene rings is 2. The number of imide groups is 1. The van der Waals surface area contributed by atoms with Gasteiger partial charge in [0.1, 0.15) is 22.3 Å². The maximum Gasteiger partial charge on any atom is 0.283 e. The zero-order valence-corrected chi connectivity index (χ0v) is 18.6. The lowest BCUT2D eigenvalue weighted by Crippen LogP contribution is -2.32. The van der Waals surface area contributed by atoms with Gasteiger partial charge in [-0.05, 0) is 55.0 Å². The molecule has 0 unspecified atom stereocenters. The Labute approximate surface area is 197 Å². The van der Waals surface area contributed by atoms with E-state index < -0.39 is 17.6 Å². The lowest BCUT2D eigenvalue weighted by Gasteiger charge is -2.16. The molecule has 1 aliphatic heterocycles. The van der Waals surface area contributed by atoms with Crippen molar-refractivity contribution in [1.82, 2.24) is 5.32 Å². The number of nitrogens with zero attached hydrogens (tertiary/aromatic N) is 1. The van der Waals surface area contributed by atoms with Gasteiger partial charge in [-0.2, -0.15) is 0 Å². The van der Waals surface area contributed by atoms with E-state index in [-0.39, 0.29) is 33.9 Å². The zero-order valence-electron chi connectivity index (χ0n) is 17.1. The van der Waals surface area contributed by atoms with Gasteiger partial charge in [-0.3, -0.25) is 14.4 Å². The molecule has 0 atom stereocenters. The quantitative estimate of drug-likeness (QED) is 0.489. The average molecular weight is 488 g/mol. The number of hydrogen-bond donors (Lipinski definition) is 2. The Morgan fingerprint density at radius 2 is 1.88 bits per heavy atom. The van der Waals surface area contributed by atoms with Crippen molar-refractivity contribution in [3.8, 4) is 0 Å². The third kappa shape index (κ3) is 4.48. The lowest BCUT2D eigenvalue weighted by atomic mass is 10.1. The number of nitrogens with one attached hydrogen (secondary N) is 2. The van der Waals surface area contributed by atoms with Crippen LogP contribution in [-0.2, 0) is 16.1 Å². The molecule has 2 heterocycles. The Hall–Kier alpha value is -3.62. The van der Waals surface area contributed by atoms with Crippen molar-refractivity contribution in [2.45, 2.75) is 13.5 Å². The normalized spacial score (nSPS) is 13.6. The topological polar surface area (TPSA) is 91.7 Å². The number of aryl methyl sites for hydroxylation is 1. The SMILES string of the molecule is Cc1ccc(C(=O)NCc2ccco2)cc1NC1=C(Cl)C(=O)N(c2ccc(F)c(Cl)c2)C1=O. The van der Waals surface area contributed by atoms with Gasteiger partial charge in [-0.1, -0.05) is 29.3 Å². The number of halogens is 3. The molecule has 1 aliphatic rings. The van der Waals surface area contributed by atoms with Gasteiger partial charge in [0.2, 0.25) is 0 Å². The Morgan fingerprint density at radius 3 is 2.58 bits per heavy atom. The Bertz CT molecular complexity index is 1310. The van der Waals surface area contributed by atoms with Crippen LogP contribution in [0.15, 0.2) is 69.9 Å². The molecule has 10 heteroatoms. The molecule has 0 radical (unpaired) electrons. The third-order valence-electron chi connectivity index (χ3n) is 4.95. The van der Waals surface area contributed by atoms with Crippen molar-refractivity contribution < 1.29 is 23.2 Å². The summed E-state index contributed by atoms with van der Waals surface area (Å²) >= 11 is 11.9. The molecule has 33 heavy (non-hydrogen) atoms. The van der Waals surface area contributed by atoms with Gasteiger partial charge in [-0.25, -0.2) is 9.29 Å². The second-order valence-electron chi connectivity index (χ2n) is 7.15. The van der Waals surface area contributed by atoms with Gasteiger partial charge < -0.3 is 15.1 Å². The summed E-state index contributed by atoms with van der Waals surface area (Å²) in [7, 11) is 0. The number of furan rings is 1. The van der Waals surface area contributed by atoms with E-state index >= 15 is 0 Å². The van der Waals surface area contributed by atoms with E-state index in [4.69, 9.17) is 27.6 Å². The van der Waals surface area contributed by atoms with Crippen LogP contribution in [0, 0.1) is 12.7 Å². The smallest absolute Gasteiger partial charge is 0.283 e. The van der Waals surface area contributed by atoms with Crippen molar-refractivity contribution in [1.29, 1.82) is 0 Å². The van der Waals surface area contributed by atoms with E-state index in [1.165, 1.54) is 12.3 Å². The van der Waals surface area contributed by atoms with Crippen LogP contribution in [0.5, 0.6) is 0 Å². The summed E-state index contributed by atoms with van der Waals surface area (Å²) in [6.07, 6.45) is 1.51. The Balaban J connectivity index is 1.55. The van der Waals surface area contributed by atoms with Gasteiger partial charge in [-0.15, -0.1) is 0 Å². The van der Waals surface area contributed by atoms with Crippen molar-refractivity contribution in [2.24, 2.45) is 0 Å². The molecule has 168 valence electrons. The molecular formula is C23H16Cl2FN3O4. The number of carbonyl (C=O) groups excluding carboxylic acids is 3. The average Bonchev–Trinajstić information content (AvgIpc) is 3.38. The minimum atomic E-state index is -0.781. The molecule has 3 aromatic rings. The fraction of sp³-hybridized carbons (Fsp3) is 0.0870. The van der Waals surface area contributed by atoms with Crippen LogP contribution >= 0.6 is 23.2 Å². The minimum Gasteiger partial charge on any atom is -0.467 e. The summed E-state index contributed by atoms with van der Waals surface area (Å²) in [6.45, 7) is 1.97. The molecule has 2 aromatic carbocycles. The summed E-state index contributed by atoms with van der Waals surface area (Å²) in [6, 6.07) is 11.8. The van der Waals surface area contributed by atoms with Gasteiger partial charge in [0.05, 0.1) is 23.5 Å². The number of rotatable bonds is 6. The fourth-order valence-electron chi connectivity index (χ4n) is 3.19. The van der Waals surface area contributed by atoms with E-state index in [0.717, 1.165) is 17.0 Å². The van der Waals surface area contributed by atoms with Crippen molar-refractivity contribution in [3.05, 3.63) is 93.3 Å². The molecular weight excluding hydrogens is 472 g/mol. The summed E-state index contributed by atoms with van der Waals surface area (Å²) in [4.78, 5) is 38.9. The van der Waals surface area contributed by atoms with E-state index in [1.54, 1.807) is 37.3 Å². The van der Waals surface area contributed by atoms with Gasteiger partial charge in [0.15, 0.2) is 0 Å². The molecule has 0 bridgehead atoms. The van der Waals surface area contributed by atoms with E-state index in [0.29, 0.717) is 22.6 Å². The lowest BCUT2D eigenvalue weighted by molar-refractivity contribution is -0.120. The predicted molar refractivity (Wildman–Crippen MR) is 121 cm³/mol. The molecule has 1 aromatic heterocycles. The molecule has 0 fully saturated rings. The highest BCUT2D eigenvalue weighted by molar-refractivity contribution is 6.53. The number of hydrogen-bond acceptors (Lipinski definition) is 5. The zero-order chi connectivity index (χ0) is 23.7. The Morgan fingerprint density at radius 1 is 1.09 bits per heavy atom. The molecule has 0 aliphatic carbocycles. The molecule has 3 amide bonds. The first-order valence-electron chi connectivity index (χ1n) is 9.68. The van der Waals surface area contributed by atoms with Crippen LogP contribution in [0.4, 0.5) is 15.8 Å². The monoisotopic (exact) mass is 487 g/mol. The van der Waals surface area contributed by atoms with Crippen molar-refractivity contribution in [2.75, 3.05) is 10.2 Å². The molecule has 4 rings (SSSR count). The van der Waals surface area contributed by atoms with Crippen LogP contribution in [0.25, 0.3) is 0 Å². The highest BCUT2D eigenvalue weighted by Crippen LogP contribution is 2.32. The first kappa shape index (κ1) is 22.6. The predicted octanol–water partition coefficient (Wildman–Crippen LogP) is 4.75. The number of anilines is 2. The van der Waals surface area contributed by atoms with Gasteiger partial charge in [0, 0.05) is 11.3 Å². The molecule has 0 spiro atoms. The van der Waals surface area contributed by atoms with Crippen LogP contribution < -0.4 is 15.5 Å². The molecule has 0 saturated carbocycles. The van der Waals surface area contributed by atoms with Crippen LogP contribution in [-0.4, -0.2) is 17.7 Å². The standard InChI is InChI=1S/C23H16Cl2FN3O4/c1-12-4-5-13(21(30)27-11-15-3-2-8-33-15)9-18(12)28-20-19(25)22(31)29(23(20)32)14-6-7-17(26)16(24)10-14/h2-10,28H,11H2,1H3,(H,27,30). The summed E-state index contributed by atoms with van der Waals surface area (Å²) < 4.78 is 18.7. The summed E-state index contributed by atoms with van der Waals surface area (Å²) in [5.41, 5.74) is 1.35. The van der Waals surface area contributed by atoms with E-state index in [2.05, 4.69) is 10.6 Å². The van der Waals surface area contributed by atoms with Crippen molar-refractivity contribution in [3.63, 3.8) is 0 Å². The molecule has 7 nitrogen and oxygen atoms in total. The number of amides is 3. The fourth-order valence-corrected chi connectivity index (χ4v) is 3.57. The highest BCUT2D eigenvalue weighted by Gasteiger charge is 2.39. The van der Waals surface area contributed by atoms with Crippen molar-refractivity contribution >= 4 is 52.3 Å². The first-order chi connectivity index (χ1) is 15.8. The highest BCUT2D eigenvalue weighted by atomic mass is 35.5. The second-order valence-corrected chi connectivity index (χ2v) is 7.94. The van der Waals surface area contributed by atoms with E-state index in [9.17, 15) is 18.8 Å². The molecule has 2 N–H and O–H groups in total. The Kier molecular flexibility index (Phi) is 6.22. The first-order valence-corrected chi connectivity index (χ1v) is 10.4. The van der Waals surface area contributed by atoms with Crippen LogP contribution in [0.1, 0.15) is 21.7 Å². The largest absolute Gasteiger partial charge is 0.467 e. The van der Waals surface area contributed by atoms with Gasteiger partial charge in [0.25, 0.3) is 17.7 Å². The number of carbonyl (C=O) groups is 3. The molecule has 0 saturated heterocycles. The van der Waals surface area contributed by atoms with Crippen LogP contribution in [0.3, 0.4) is 0 Å². The van der Waals surface area contributed by atoms with Gasteiger partial charge >= 0.3 is 0 Å². The maximum atomic E-state index is 13.5. The second kappa shape index (κ2) is 9.09. The van der Waals surface area contributed by atoms with Crippen LogP contribution in [0.2, 0.25) is 5.02 Å².